The quantitative estimate of drug-likeness (QED) is 0.518. The molecule has 164 valence electrons. The molecule has 0 aromatic heterocycles. The van der Waals surface area contributed by atoms with Crippen LogP contribution in [-0.4, -0.2) is 35.9 Å². The van der Waals surface area contributed by atoms with Crippen molar-refractivity contribution in [2.75, 3.05) is 20.2 Å². The van der Waals surface area contributed by atoms with E-state index >= 15 is 0 Å². The second kappa shape index (κ2) is 10.2. The summed E-state index contributed by atoms with van der Waals surface area (Å²) in [6, 6.07) is 24.1. The highest BCUT2D eigenvalue weighted by atomic mass is 19.1. The Labute approximate surface area is 188 Å². The molecule has 0 N–H and O–H groups in total. The minimum Gasteiger partial charge on any atom is -0.497 e. The fraction of sp³-hybridized carbons (Fsp3) is 0.222. The standard InChI is InChI=1S/C27H27FN2O2/c1-32-25-15-11-23(12-16-25)26-8-5-17-29(18-21-6-3-2-4-7-21)20-27(31)30(26)19-22-9-13-24(28)14-10-22/h2-16,26H,17-20H2,1H3/b8-5-. The lowest BCUT2D eigenvalue weighted by Gasteiger charge is -2.34. The first kappa shape index (κ1) is 21.8. The van der Waals surface area contributed by atoms with Crippen LogP contribution in [0.15, 0.2) is 91.0 Å². The summed E-state index contributed by atoms with van der Waals surface area (Å²) < 4.78 is 18.7. The van der Waals surface area contributed by atoms with Crippen molar-refractivity contribution in [3.05, 3.63) is 114 Å². The summed E-state index contributed by atoms with van der Waals surface area (Å²) in [4.78, 5) is 17.5. The van der Waals surface area contributed by atoms with Gasteiger partial charge in [0.15, 0.2) is 0 Å². The van der Waals surface area contributed by atoms with E-state index in [2.05, 4.69) is 29.2 Å². The van der Waals surface area contributed by atoms with Gasteiger partial charge in [0.2, 0.25) is 5.91 Å². The third-order valence-corrected chi connectivity index (χ3v) is 5.67. The van der Waals surface area contributed by atoms with E-state index in [4.69, 9.17) is 4.74 Å². The highest BCUT2D eigenvalue weighted by molar-refractivity contribution is 5.79. The maximum atomic E-state index is 13.5. The number of carbonyl (C=O) groups excluding carboxylic acids is 1. The molecule has 0 fully saturated rings. The maximum Gasteiger partial charge on any atom is 0.237 e. The molecule has 1 amide bonds. The van der Waals surface area contributed by atoms with Gasteiger partial charge in [-0.15, -0.1) is 0 Å². The van der Waals surface area contributed by atoms with E-state index in [1.54, 1.807) is 19.2 Å². The lowest BCUT2D eigenvalue weighted by Crippen LogP contribution is -2.43. The van der Waals surface area contributed by atoms with Crippen LogP contribution < -0.4 is 4.74 Å². The number of benzene rings is 3. The van der Waals surface area contributed by atoms with Crippen LogP contribution in [0, 0.1) is 5.82 Å². The molecule has 0 aliphatic carbocycles. The average molecular weight is 431 g/mol. The monoisotopic (exact) mass is 430 g/mol. The van der Waals surface area contributed by atoms with Gasteiger partial charge in [-0.2, -0.15) is 0 Å². The van der Waals surface area contributed by atoms with Crippen LogP contribution in [0.5, 0.6) is 5.75 Å². The van der Waals surface area contributed by atoms with Crippen LogP contribution in [0.25, 0.3) is 0 Å². The van der Waals surface area contributed by atoms with Crippen molar-refractivity contribution in [3.63, 3.8) is 0 Å². The summed E-state index contributed by atoms with van der Waals surface area (Å²) >= 11 is 0. The molecule has 1 aliphatic rings. The van der Waals surface area contributed by atoms with E-state index in [0.717, 1.165) is 16.9 Å². The zero-order valence-electron chi connectivity index (χ0n) is 18.2. The number of methoxy groups -OCH3 is 1. The molecule has 3 aromatic carbocycles. The van der Waals surface area contributed by atoms with Crippen molar-refractivity contribution in [3.8, 4) is 5.75 Å². The van der Waals surface area contributed by atoms with Gasteiger partial charge in [-0.25, -0.2) is 4.39 Å². The number of nitrogens with zero attached hydrogens (tertiary/aromatic N) is 2. The summed E-state index contributed by atoms with van der Waals surface area (Å²) in [7, 11) is 1.64. The Balaban J connectivity index is 1.62. The third-order valence-electron chi connectivity index (χ3n) is 5.67. The molecule has 0 spiro atoms. The van der Waals surface area contributed by atoms with Crippen molar-refractivity contribution in [1.82, 2.24) is 9.80 Å². The second-order valence-electron chi connectivity index (χ2n) is 7.95. The molecular formula is C27H27FN2O2. The van der Waals surface area contributed by atoms with E-state index in [-0.39, 0.29) is 17.8 Å². The topological polar surface area (TPSA) is 32.8 Å². The van der Waals surface area contributed by atoms with Gasteiger partial charge in [-0.05, 0) is 41.0 Å². The van der Waals surface area contributed by atoms with Crippen molar-refractivity contribution in [2.45, 2.75) is 19.1 Å². The molecule has 1 atom stereocenters. The number of carbonyl (C=O) groups is 1. The molecule has 3 aromatic rings. The average Bonchev–Trinajstić information content (AvgIpc) is 2.81. The van der Waals surface area contributed by atoms with E-state index in [1.807, 2.05) is 47.4 Å². The smallest absolute Gasteiger partial charge is 0.237 e. The molecule has 0 radical (unpaired) electrons. The van der Waals surface area contributed by atoms with Crippen LogP contribution in [0.3, 0.4) is 0 Å². The third kappa shape index (κ3) is 5.42. The first-order valence-electron chi connectivity index (χ1n) is 10.7. The lowest BCUT2D eigenvalue weighted by atomic mass is 10.0. The molecule has 0 saturated heterocycles. The van der Waals surface area contributed by atoms with Crippen molar-refractivity contribution < 1.29 is 13.9 Å². The van der Waals surface area contributed by atoms with E-state index in [9.17, 15) is 9.18 Å². The minimum absolute atomic E-state index is 0.0374. The van der Waals surface area contributed by atoms with E-state index in [0.29, 0.717) is 26.2 Å². The van der Waals surface area contributed by atoms with Gasteiger partial charge in [-0.1, -0.05) is 66.7 Å². The molecule has 0 saturated carbocycles. The highest BCUT2D eigenvalue weighted by Gasteiger charge is 2.27. The molecule has 4 nitrogen and oxygen atoms in total. The van der Waals surface area contributed by atoms with Crippen molar-refractivity contribution >= 4 is 5.91 Å². The Bertz CT molecular complexity index is 1050. The van der Waals surface area contributed by atoms with Gasteiger partial charge in [-0.3, -0.25) is 9.69 Å². The fourth-order valence-corrected chi connectivity index (χ4v) is 3.97. The summed E-state index contributed by atoms with van der Waals surface area (Å²) in [5.74, 6) is 0.526. The molecule has 5 heteroatoms. The predicted octanol–water partition coefficient (Wildman–Crippen LogP) is 4.98. The molecule has 0 bridgehead atoms. The summed E-state index contributed by atoms with van der Waals surface area (Å²) in [5.41, 5.74) is 3.07. The van der Waals surface area contributed by atoms with Gasteiger partial charge in [0.25, 0.3) is 0 Å². The van der Waals surface area contributed by atoms with Gasteiger partial charge in [0.1, 0.15) is 11.6 Å². The molecule has 4 rings (SSSR count). The fourth-order valence-electron chi connectivity index (χ4n) is 3.97. The summed E-state index contributed by atoms with van der Waals surface area (Å²) in [6.45, 7) is 2.11. The van der Waals surface area contributed by atoms with Gasteiger partial charge < -0.3 is 9.64 Å². The zero-order chi connectivity index (χ0) is 22.3. The molecule has 1 aliphatic heterocycles. The van der Waals surface area contributed by atoms with Gasteiger partial charge in [0, 0.05) is 19.6 Å². The summed E-state index contributed by atoms with van der Waals surface area (Å²) in [5, 5.41) is 0. The number of halogens is 1. The number of hydrogen-bond donors (Lipinski definition) is 0. The largest absolute Gasteiger partial charge is 0.497 e. The highest BCUT2D eigenvalue weighted by Crippen LogP contribution is 2.28. The van der Waals surface area contributed by atoms with Gasteiger partial charge >= 0.3 is 0 Å². The number of amides is 1. The Morgan fingerprint density at radius 1 is 0.906 bits per heavy atom. The Morgan fingerprint density at radius 2 is 1.59 bits per heavy atom. The Morgan fingerprint density at radius 3 is 2.28 bits per heavy atom. The van der Waals surface area contributed by atoms with Crippen LogP contribution in [0.4, 0.5) is 4.39 Å². The normalized spacial score (nSPS) is 18.1. The first-order chi connectivity index (χ1) is 15.6. The van der Waals surface area contributed by atoms with Crippen LogP contribution >= 0.6 is 0 Å². The van der Waals surface area contributed by atoms with E-state index < -0.39 is 0 Å². The van der Waals surface area contributed by atoms with Crippen molar-refractivity contribution in [1.29, 1.82) is 0 Å². The molecule has 1 unspecified atom stereocenters. The number of rotatable bonds is 6. The Hall–Kier alpha value is -3.44. The van der Waals surface area contributed by atoms with Crippen LogP contribution in [-0.2, 0) is 17.9 Å². The van der Waals surface area contributed by atoms with Crippen molar-refractivity contribution in [2.24, 2.45) is 0 Å². The molecule has 1 heterocycles. The SMILES string of the molecule is COc1ccc(C2/C=C\CN(Cc3ccccc3)CC(=O)N2Cc2ccc(F)cc2)cc1. The van der Waals surface area contributed by atoms with E-state index in [1.165, 1.54) is 17.7 Å². The van der Waals surface area contributed by atoms with Gasteiger partial charge in [0.05, 0.1) is 19.7 Å². The summed E-state index contributed by atoms with van der Waals surface area (Å²) in [6.07, 6.45) is 4.21. The number of ether oxygens (including phenoxy) is 1. The maximum absolute atomic E-state index is 13.5. The van der Waals surface area contributed by atoms with Crippen LogP contribution in [0.2, 0.25) is 0 Å². The van der Waals surface area contributed by atoms with Crippen LogP contribution in [0.1, 0.15) is 22.7 Å². The zero-order valence-corrected chi connectivity index (χ0v) is 18.2. The molecular weight excluding hydrogens is 403 g/mol. The lowest BCUT2D eigenvalue weighted by molar-refractivity contribution is -0.135. The Kier molecular flexibility index (Phi) is 6.97. The predicted molar refractivity (Wildman–Crippen MR) is 124 cm³/mol. The molecule has 32 heavy (non-hydrogen) atoms. The minimum atomic E-state index is -0.284. The second-order valence-corrected chi connectivity index (χ2v) is 7.95. The number of hydrogen-bond acceptors (Lipinski definition) is 3. The first-order valence-corrected chi connectivity index (χ1v) is 10.7.